The Kier molecular flexibility index (Phi) is 24.9. The minimum absolute atomic E-state index is 0. The van der Waals surface area contributed by atoms with Crippen LogP contribution in [-0.4, -0.2) is 139 Å². The van der Waals surface area contributed by atoms with E-state index in [2.05, 4.69) is 4.74 Å². The van der Waals surface area contributed by atoms with Gasteiger partial charge in [-0.25, -0.2) is 4.79 Å². The van der Waals surface area contributed by atoms with Crippen LogP contribution in [-0.2, 0) is 9.53 Å². The number of ether oxygens (including phenoxy) is 1. The smallest absolute Gasteiger partial charge is 1.00 e. The fraction of sp³-hybridized carbons (Fsp3) is 0.889. The van der Waals surface area contributed by atoms with Gasteiger partial charge < -0.3 is 59.8 Å². The van der Waals surface area contributed by atoms with E-state index in [1.807, 2.05) is 0 Å². The maximum absolute atomic E-state index is 9.45. The molecule has 1 saturated heterocycles. The topological polar surface area (TPSA) is 262 Å². The van der Waals surface area contributed by atoms with E-state index in [1.165, 1.54) is 6.92 Å². The van der Waals surface area contributed by atoms with Gasteiger partial charge in [-0.1, -0.05) is 0 Å². The van der Waals surface area contributed by atoms with E-state index < -0.39 is 49.4 Å². The summed E-state index contributed by atoms with van der Waals surface area (Å²) in [7, 11) is 0. The van der Waals surface area contributed by atoms with Gasteiger partial charge in [-0.3, -0.25) is 0 Å². The summed E-state index contributed by atoms with van der Waals surface area (Å²) < 4.78 is 4.58. The number of carboxylic acid groups (broad SMARTS) is 1. The standard InChI is InChI=1S/C6H12O6.C3H6O3.Ca.3H2O.2H/c7-1-2-3(8)4(9)5(10)6(11)12-2;1-2(4)3(5)6;;;;;;/h2-11H,1H2;2,4H,1H3,(H,5,6);;3*1H2;;/q;;+2;;;;2*-1/t2-,3-,4+,5-,6?;;;;;;;/m1......./s1. The molecule has 0 aromatic carbocycles. The van der Waals surface area contributed by atoms with Crippen molar-refractivity contribution in [3.63, 3.8) is 0 Å². The molecular weight excluding hydrogens is 340 g/mol. The van der Waals surface area contributed by atoms with Crippen molar-refractivity contribution in [1.29, 1.82) is 0 Å². The molecule has 1 rings (SSSR count). The molecule has 0 aliphatic carbocycles. The van der Waals surface area contributed by atoms with Crippen LogP contribution in [0.2, 0.25) is 0 Å². The molecule has 22 heavy (non-hydrogen) atoms. The molecule has 2 unspecified atom stereocenters. The fourth-order valence-corrected chi connectivity index (χ4v) is 1.08. The second-order valence-electron chi connectivity index (χ2n) is 3.73. The summed E-state index contributed by atoms with van der Waals surface area (Å²) in [4.78, 5) is 9.45. The maximum atomic E-state index is 9.45. The van der Waals surface area contributed by atoms with E-state index in [0.717, 1.165) is 0 Å². The predicted molar refractivity (Wildman–Crippen MR) is 74.1 cm³/mol. The van der Waals surface area contributed by atoms with Crippen molar-refractivity contribution in [2.45, 2.75) is 43.7 Å². The van der Waals surface area contributed by atoms with Gasteiger partial charge in [-0.15, -0.1) is 0 Å². The van der Waals surface area contributed by atoms with Crippen LogP contribution >= 0.6 is 0 Å². The summed E-state index contributed by atoms with van der Waals surface area (Å²) in [5.41, 5.74) is 0. The second kappa shape index (κ2) is 16.2. The summed E-state index contributed by atoms with van der Waals surface area (Å²) in [5, 5.41) is 60.4. The normalized spacial score (nSPS) is 30.6. The summed E-state index contributed by atoms with van der Waals surface area (Å²) in [6, 6.07) is 0. The minimum atomic E-state index is -1.57. The maximum Gasteiger partial charge on any atom is 2.00 e. The molecule has 0 amide bonds. The van der Waals surface area contributed by atoms with Crippen LogP contribution in [0.5, 0.6) is 0 Å². The molecule has 1 aliphatic heterocycles. The monoisotopic (exact) mass is 366 g/mol. The number of carboxylic acids is 1. The zero-order valence-electron chi connectivity index (χ0n) is 13.8. The van der Waals surface area contributed by atoms with E-state index >= 15 is 0 Å². The van der Waals surface area contributed by atoms with E-state index in [1.54, 1.807) is 0 Å². The average Bonchev–Trinajstić information content (AvgIpc) is 2.31. The van der Waals surface area contributed by atoms with Gasteiger partial charge in [-0.05, 0) is 6.92 Å². The Bertz CT molecular complexity index is 270. The Morgan fingerprint density at radius 2 is 1.45 bits per heavy atom. The Balaban J connectivity index is -0.0000000434. The molecule has 12 nitrogen and oxygen atoms in total. The molecule has 0 radical (unpaired) electrons. The molecule has 13 heteroatoms. The van der Waals surface area contributed by atoms with Crippen LogP contribution in [0.1, 0.15) is 9.78 Å². The van der Waals surface area contributed by atoms with Crippen LogP contribution in [0, 0.1) is 0 Å². The van der Waals surface area contributed by atoms with E-state index in [4.69, 9.17) is 35.7 Å². The molecule has 6 atom stereocenters. The third-order valence-electron chi connectivity index (χ3n) is 2.22. The first-order chi connectivity index (χ1) is 8.22. The largest absolute Gasteiger partial charge is 2.00 e. The van der Waals surface area contributed by atoms with Crippen LogP contribution in [0.25, 0.3) is 0 Å². The van der Waals surface area contributed by atoms with Gasteiger partial charge in [0, 0.05) is 0 Å². The number of rotatable bonds is 2. The number of aliphatic hydroxyl groups is 6. The van der Waals surface area contributed by atoms with E-state index in [-0.39, 0.29) is 57.0 Å². The first-order valence-corrected chi connectivity index (χ1v) is 5.11. The summed E-state index contributed by atoms with van der Waals surface area (Å²) in [6.45, 7) is 0.671. The number of aliphatic carboxylic acids is 1. The molecule has 136 valence electrons. The van der Waals surface area contributed by atoms with Crippen molar-refractivity contribution >= 4 is 43.7 Å². The van der Waals surface area contributed by atoms with Crippen molar-refractivity contribution in [2.24, 2.45) is 0 Å². The quantitative estimate of drug-likeness (QED) is 0.229. The van der Waals surface area contributed by atoms with Gasteiger partial charge in [-0.2, -0.15) is 0 Å². The fourth-order valence-electron chi connectivity index (χ4n) is 1.08. The molecular formula is C9H26CaO12. The van der Waals surface area contributed by atoms with E-state index in [0.29, 0.717) is 0 Å². The summed E-state index contributed by atoms with van der Waals surface area (Å²) in [5.74, 6) is -1.19. The number of hydrogen-bond acceptors (Lipinski definition) is 8. The number of aliphatic hydroxyl groups excluding tert-OH is 6. The summed E-state index contributed by atoms with van der Waals surface area (Å²) in [6.07, 6.45) is -8.27. The van der Waals surface area contributed by atoms with Gasteiger partial charge in [0.2, 0.25) is 0 Å². The Morgan fingerprint density at radius 3 is 1.73 bits per heavy atom. The Morgan fingerprint density at radius 1 is 1.09 bits per heavy atom. The molecule has 0 aromatic rings. The molecule has 0 bridgehead atoms. The number of hydrogen-bond donors (Lipinski definition) is 7. The first-order valence-electron chi connectivity index (χ1n) is 5.11. The molecule has 0 saturated carbocycles. The second-order valence-corrected chi connectivity index (χ2v) is 3.73. The van der Waals surface area contributed by atoms with Crippen LogP contribution in [0.3, 0.4) is 0 Å². The molecule has 0 spiro atoms. The van der Waals surface area contributed by atoms with Gasteiger partial charge in [0.05, 0.1) is 6.61 Å². The molecule has 1 heterocycles. The van der Waals surface area contributed by atoms with Crippen LogP contribution in [0.4, 0.5) is 0 Å². The number of carbonyl (C=O) groups is 1. The van der Waals surface area contributed by atoms with E-state index in [9.17, 15) is 4.79 Å². The molecule has 1 fully saturated rings. The van der Waals surface area contributed by atoms with Gasteiger partial charge in [0.25, 0.3) is 0 Å². The summed E-state index contributed by atoms with van der Waals surface area (Å²) >= 11 is 0. The van der Waals surface area contributed by atoms with Gasteiger partial charge >= 0.3 is 43.7 Å². The predicted octanol–water partition coefficient (Wildman–Crippen LogP) is -6.40. The van der Waals surface area contributed by atoms with Crippen molar-refractivity contribution in [2.75, 3.05) is 6.61 Å². The molecule has 0 aromatic heterocycles. The van der Waals surface area contributed by atoms with Crippen LogP contribution < -0.4 is 0 Å². The van der Waals surface area contributed by atoms with Crippen molar-refractivity contribution in [3.8, 4) is 0 Å². The van der Waals surface area contributed by atoms with Gasteiger partial charge in [0.1, 0.15) is 30.5 Å². The van der Waals surface area contributed by atoms with Crippen molar-refractivity contribution < 1.29 is 64.6 Å². The molecule has 13 N–H and O–H groups in total. The Hall–Kier alpha value is 0.330. The van der Waals surface area contributed by atoms with Crippen LogP contribution in [0.15, 0.2) is 0 Å². The first kappa shape index (κ1) is 33.8. The zero-order chi connectivity index (χ0) is 14.5. The minimum Gasteiger partial charge on any atom is -1.00 e. The molecule has 1 aliphatic rings. The Labute approximate surface area is 158 Å². The third kappa shape index (κ3) is 11.0. The average molecular weight is 366 g/mol. The van der Waals surface area contributed by atoms with Crippen molar-refractivity contribution in [1.82, 2.24) is 0 Å². The zero-order valence-corrected chi connectivity index (χ0v) is 14.0. The third-order valence-corrected chi connectivity index (χ3v) is 2.22. The van der Waals surface area contributed by atoms with Gasteiger partial charge in [0.15, 0.2) is 6.29 Å². The SMILES string of the molecule is CC(O)C(=O)O.O.O.O.OC[C@H]1OC(O)[C@H](O)[C@@H](O)[C@@H]1O.[Ca+2].[H-].[H-]. The van der Waals surface area contributed by atoms with Crippen molar-refractivity contribution in [3.05, 3.63) is 0 Å².